The number of imidazole rings is 1. The van der Waals surface area contributed by atoms with Gasteiger partial charge >= 0.3 is 5.69 Å². The first-order valence-corrected chi connectivity index (χ1v) is 7.47. The Kier molecular flexibility index (Phi) is 3.78. The van der Waals surface area contributed by atoms with Gasteiger partial charge in [-0.1, -0.05) is 0 Å². The number of hydrogen-bond acceptors (Lipinski definition) is 5. The van der Waals surface area contributed by atoms with Crippen molar-refractivity contribution >= 4 is 17.1 Å². The second kappa shape index (κ2) is 5.60. The maximum absolute atomic E-state index is 12.0. The quantitative estimate of drug-likeness (QED) is 0.860. The molecule has 0 spiro atoms. The lowest BCUT2D eigenvalue weighted by Gasteiger charge is -2.27. The number of anilines is 1. The largest absolute Gasteiger partial charge is 0.376 e. The smallest absolute Gasteiger partial charge is 0.329 e. The highest BCUT2D eigenvalue weighted by molar-refractivity contribution is 5.74. The molecular formula is C14H21N5O3. The zero-order valence-corrected chi connectivity index (χ0v) is 13.1. The molecule has 1 aliphatic heterocycles. The number of fused-ring (bicyclic) bond motifs is 1. The fourth-order valence-corrected chi connectivity index (χ4v) is 2.98. The van der Waals surface area contributed by atoms with Gasteiger partial charge in [0.25, 0.3) is 5.56 Å². The lowest BCUT2D eigenvalue weighted by molar-refractivity contribution is 0.0214. The van der Waals surface area contributed by atoms with Crippen molar-refractivity contribution in [3.63, 3.8) is 0 Å². The SMILES string of the molecule is CN(CC1CCCCO1)c1nc2c(c(=O)[nH]c(=O)n2C)n1C. The first-order chi connectivity index (χ1) is 10.5. The molecule has 0 aromatic carbocycles. The average Bonchev–Trinajstić information content (AvgIpc) is 2.84. The van der Waals surface area contributed by atoms with Gasteiger partial charge in [-0.25, -0.2) is 4.79 Å². The van der Waals surface area contributed by atoms with Gasteiger partial charge in [-0.3, -0.25) is 14.3 Å². The van der Waals surface area contributed by atoms with Crippen LogP contribution in [-0.4, -0.2) is 45.4 Å². The summed E-state index contributed by atoms with van der Waals surface area (Å²) < 4.78 is 8.82. The minimum absolute atomic E-state index is 0.181. The van der Waals surface area contributed by atoms with Crippen molar-refractivity contribution < 1.29 is 4.74 Å². The van der Waals surface area contributed by atoms with Crippen LogP contribution in [0.25, 0.3) is 11.2 Å². The highest BCUT2D eigenvalue weighted by atomic mass is 16.5. The van der Waals surface area contributed by atoms with E-state index in [0.717, 1.165) is 19.4 Å². The van der Waals surface area contributed by atoms with Gasteiger partial charge in [-0.15, -0.1) is 0 Å². The van der Waals surface area contributed by atoms with Crippen molar-refractivity contribution in [3.8, 4) is 0 Å². The molecule has 1 unspecified atom stereocenters. The molecule has 22 heavy (non-hydrogen) atoms. The van der Waals surface area contributed by atoms with E-state index >= 15 is 0 Å². The van der Waals surface area contributed by atoms with Crippen molar-refractivity contribution in [1.29, 1.82) is 0 Å². The number of aromatic amines is 1. The minimum atomic E-state index is -0.458. The van der Waals surface area contributed by atoms with Crippen molar-refractivity contribution in [2.45, 2.75) is 25.4 Å². The van der Waals surface area contributed by atoms with E-state index in [9.17, 15) is 9.59 Å². The summed E-state index contributed by atoms with van der Waals surface area (Å²) in [5.74, 6) is 0.649. The van der Waals surface area contributed by atoms with Crippen LogP contribution in [0.2, 0.25) is 0 Å². The summed E-state index contributed by atoms with van der Waals surface area (Å²) in [7, 11) is 5.30. The van der Waals surface area contributed by atoms with Gasteiger partial charge in [0.1, 0.15) is 0 Å². The second-order valence-corrected chi connectivity index (χ2v) is 5.83. The molecule has 2 aromatic rings. The normalized spacial score (nSPS) is 18.8. The molecule has 120 valence electrons. The van der Waals surface area contributed by atoms with E-state index < -0.39 is 11.2 Å². The zero-order valence-electron chi connectivity index (χ0n) is 13.1. The Morgan fingerprint density at radius 2 is 2.09 bits per heavy atom. The van der Waals surface area contributed by atoms with Gasteiger partial charge in [-0.05, 0) is 19.3 Å². The average molecular weight is 307 g/mol. The lowest BCUT2D eigenvalue weighted by atomic mass is 10.1. The molecule has 1 aliphatic rings. The van der Waals surface area contributed by atoms with Crippen LogP contribution in [-0.2, 0) is 18.8 Å². The molecular weight excluding hydrogens is 286 g/mol. The number of aromatic nitrogens is 4. The van der Waals surface area contributed by atoms with Crippen molar-refractivity contribution in [3.05, 3.63) is 20.8 Å². The number of aryl methyl sites for hydroxylation is 2. The number of ether oxygens (including phenoxy) is 1. The van der Waals surface area contributed by atoms with E-state index in [-0.39, 0.29) is 6.10 Å². The number of rotatable bonds is 3. The van der Waals surface area contributed by atoms with Crippen LogP contribution in [0.4, 0.5) is 5.95 Å². The molecule has 8 nitrogen and oxygen atoms in total. The highest BCUT2D eigenvalue weighted by Crippen LogP contribution is 2.19. The number of likely N-dealkylation sites (N-methyl/N-ethyl adjacent to an activating group) is 1. The van der Waals surface area contributed by atoms with E-state index in [1.54, 1.807) is 18.7 Å². The molecule has 1 N–H and O–H groups in total. The molecule has 3 heterocycles. The molecule has 2 aromatic heterocycles. The topological polar surface area (TPSA) is 85.2 Å². The Bertz CT molecular complexity index is 797. The maximum Gasteiger partial charge on any atom is 0.329 e. The second-order valence-electron chi connectivity index (χ2n) is 5.83. The predicted octanol–water partition coefficient (Wildman–Crippen LogP) is -0.0344. The minimum Gasteiger partial charge on any atom is -0.376 e. The third kappa shape index (κ3) is 2.43. The van der Waals surface area contributed by atoms with E-state index in [4.69, 9.17) is 4.74 Å². The summed E-state index contributed by atoms with van der Waals surface area (Å²) in [6.45, 7) is 1.51. The molecule has 0 amide bonds. The third-order valence-corrected chi connectivity index (χ3v) is 4.20. The molecule has 1 fully saturated rings. The number of hydrogen-bond donors (Lipinski definition) is 1. The van der Waals surface area contributed by atoms with Crippen molar-refractivity contribution in [2.24, 2.45) is 14.1 Å². The van der Waals surface area contributed by atoms with Gasteiger partial charge < -0.3 is 14.2 Å². The Morgan fingerprint density at radius 3 is 2.77 bits per heavy atom. The van der Waals surface area contributed by atoms with Crippen LogP contribution in [0.1, 0.15) is 19.3 Å². The van der Waals surface area contributed by atoms with Crippen LogP contribution >= 0.6 is 0 Å². The van der Waals surface area contributed by atoms with Gasteiger partial charge in [0.05, 0.1) is 6.10 Å². The summed E-state index contributed by atoms with van der Waals surface area (Å²) in [5, 5.41) is 0. The molecule has 3 rings (SSSR count). The van der Waals surface area contributed by atoms with Crippen LogP contribution in [0, 0.1) is 0 Å². The van der Waals surface area contributed by atoms with E-state index in [1.807, 2.05) is 11.9 Å². The molecule has 1 atom stereocenters. The van der Waals surface area contributed by atoms with Gasteiger partial charge in [0, 0.05) is 34.3 Å². The fourth-order valence-electron chi connectivity index (χ4n) is 2.98. The predicted molar refractivity (Wildman–Crippen MR) is 83.4 cm³/mol. The zero-order chi connectivity index (χ0) is 15.9. The number of H-pyrrole nitrogens is 1. The Hall–Kier alpha value is -2.09. The van der Waals surface area contributed by atoms with Crippen LogP contribution in [0.3, 0.4) is 0 Å². The first kappa shape index (κ1) is 14.8. The van der Waals surface area contributed by atoms with Crippen LogP contribution in [0.15, 0.2) is 9.59 Å². The van der Waals surface area contributed by atoms with E-state index in [2.05, 4.69) is 9.97 Å². The standard InChI is InChI=1S/C14H21N5O3/c1-17(8-9-6-4-5-7-22-9)13-15-11-10(18(13)2)12(20)16-14(21)19(11)3/h9H,4-8H2,1-3H3,(H,16,20,21). The van der Waals surface area contributed by atoms with Crippen LogP contribution < -0.4 is 16.1 Å². The van der Waals surface area contributed by atoms with Gasteiger partial charge in [-0.2, -0.15) is 4.98 Å². The summed E-state index contributed by atoms with van der Waals surface area (Å²) in [5.41, 5.74) is -0.0849. The third-order valence-electron chi connectivity index (χ3n) is 4.20. The monoisotopic (exact) mass is 307 g/mol. The number of nitrogens with zero attached hydrogens (tertiary/aromatic N) is 4. The number of nitrogens with one attached hydrogen (secondary N) is 1. The lowest BCUT2D eigenvalue weighted by Crippen LogP contribution is -2.34. The van der Waals surface area contributed by atoms with Crippen LogP contribution in [0.5, 0.6) is 0 Å². The van der Waals surface area contributed by atoms with E-state index in [0.29, 0.717) is 23.7 Å². The molecule has 0 radical (unpaired) electrons. The summed E-state index contributed by atoms with van der Waals surface area (Å²) in [6, 6.07) is 0. The molecule has 0 saturated carbocycles. The van der Waals surface area contributed by atoms with Crippen molar-refractivity contribution in [2.75, 3.05) is 25.1 Å². The maximum atomic E-state index is 12.0. The molecule has 0 aliphatic carbocycles. The Morgan fingerprint density at radius 1 is 1.32 bits per heavy atom. The molecule has 8 heteroatoms. The van der Waals surface area contributed by atoms with Gasteiger partial charge in [0.15, 0.2) is 11.2 Å². The Balaban J connectivity index is 1.98. The summed E-state index contributed by atoms with van der Waals surface area (Å²) in [6.07, 6.45) is 3.51. The molecule has 0 bridgehead atoms. The van der Waals surface area contributed by atoms with Crippen molar-refractivity contribution in [1.82, 2.24) is 19.1 Å². The molecule has 1 saturated heterocycles. The summed E-state index contributed by atoms with van der Waals surface area (Å²) in [4.78, 5) is 32.5. The Labute approximate surface area is 127 Å². The fraction of sp³-hybridized carbons (Fsp3) is 0.643. The van der Waals surface area contributed by atoms with E-state index in [1.165, 1.54) is 11.0 Å². The summed E-state index contributed by atoms with van der Waals surface area (Å²) >= 11 is 0. The first-order valence-electron chi connectivity index (χ1n) is 7.47. The highest BCUT2D eigenvalue weighted by Gasteiger charge is 2.21. The van der Waals surface area contributed by atoms with Gasteiger partial charge in [0.2, 0.25) is 5.95 Å².